The predicted octanol–water partition coefficient (Wildman–Crippen LogP) is -0.154. The lowest BCUT2D eigenvalue weighted by atomic mass is 10.1. The molecule has 1 aliphatic heterocycles. The van der Waals surface area contributed by atoms with Crippen molar-refractivity contribution in [3.05, 3.63) is 0 Å². The summed E-state index contributed by atoms with van der Waals surface area (Å²) in [6, 6.07) is 0.165. The molecule has 2 N–H and O–H groups in total. The lowest BCUT2D eigenvalue weighted by Crippen LogP contribution is -2.44. The number of aliphatic hydroxyl groups is 1. The van der Waals surface area contributed by atoms with Gasteiger partial charge in [-0.15, -0.1) is 11.8 Å². The van der Waals surface area contributed by atoms with E-state index < -0.39 is 29.6 Å². The Labute approximate surface area is 96.8 Å². The zero-order valence-electron chi connectivity index (χ0n) is 8.90. The number of amidine groups is 1. The van der Waals surface area contributed by atoms with Crippen LogP contribution < -0.4 is 9.98 Å². The van der Waals surface area contributed by atoms with E-state index in [9.17, 15) is 13.9 Å². The SMILES string of the molecule is C=[N+]=C(NC)OC1CC(F)C(O)C(CF)S1. The normalized spacial score (nSPS) is 34.0. The van der Waals surface area contributed by atoms with Crippen LogP contribution in [0.5, 0.6) is 0 Å². The zero-order valence-corrected chi connectivity index (χ0v) is 9.71. The number of hydrogen-bond donors (Lipinski definition) is 2. The van der Waals surface area contributed by atoms with Crippen LogP contribution in [0.25, 0.3) is 0 Å². The average Bonchev–Trinajstić information content (AvgIpc) is 2.30. The molecule has 4 atom stereocenters. The molecule has 0 radical (unpaired) electrons. The molecule has 92 valence electrons. The van der Waals surface area contributed by atoms with Gasteiger partial charge in [0, 0.05) is 6.42 Å². The van der Waals surface area contributed by atoms with Crippen molar-refractivity contribution in [2.45, 2.75) is 29.4 Å². The number of alkyl halides is 2. The van der Waals surface area contributed by atoms with Gasteiger partial charge in [0.25, 0.3) is 0 Å². The number of thioether (sulfide) groups is 1. The number of nitrogens with zero attached hydrogens (tertiary/aromatic N) is 1. The standard InChI is InChI=1S/C9H14F2N2O2S/c1-12-9(13-2)15-7-3-5(11)8(14)6(4-10)16-7/h5-8,14H,1,3-4H2,2H3/p+1. The minimum absolute atomic E-state index is 0.00301. The van der Waals surface area contributed by atoms with Gasteiger partial charge in [0.05, 0.1) is 18.4 Å². The minimum atomic E-state index is -1.48. The smallest absolute Gasteiger partial charge is 0.404 e. The largest absolute Gasteiger partial charge is 0.547 e. The molecule has 1 fully saturated rings. The summed E-state index contributed by atoms with van der Waals surface area (Å²) in [4.78, 5) is 0. The topological polar surface area (TPSA) is 55.6 Å². The first-order chi connectivity index (χ1) is 7.62. The van der Waals surface area contributed by atoms with Crippen molar-refractivity contribution in [1.29, 1.82) is 0 Å². The first-order valence-electron chi connectivity index (χ1n) is 4.84. The fourth-order valence-electron chi connectivity index (χ4n) is 1.39. The fourth-order valence-corrected chi connectivity index (χ4v) is 2.63. The molecule has 1 rings (SSSR count). The van der Waals surface area contributed by atoms with E-state index in [0.717, 1.165) is 11.8 Å². The number of halogens is 2. The molecule has 0 aromatic heterocycles. The van der Waals surface area contributed by atoms with Crippen LogP contribution in [-0.2, 0) is 4.74 Å². The van der Waals surface area contributed by atoms with E-state index in [-0.39, 0.29) is 12.4 Å². The molecule has 1 heterocycles. The number of aliphatic hydroxyl groups excluding tert-OH is 1. The van der Waals surface area contributed by atoms with Crippen molar-refractivity contribution in [1.82, 2.24) is 9.98 Å². The summed E-state index contributed by atoms with van der Waals surface area (Å²) in [5.74, 6) is 0. The van der Waals surface area contributed by atoms with E-state index in [4.69, 9.17) is 4.74 Å². The highest BCUT2D eigenvalue weighted by Crippen LogP contribution is 2.34. The second-order valence-electron chi connectivity index (χ2n) is 3.33. The van der Waals surface area contributed by atoms with Crippen LogP contribution in [0.4, 0.5) is 8.78 Å². The molecule has 0 amide bonds. The van der Waals surface area contributed by atoms with E-state index in [1.165, 1.54) is 0 Å². The lowest BCUT2D eigenvalue weighted by molar-refractivity contribution is 0.0406. The molecule has 0 aliphatic carbocycles. The molecular formula is C9H15F2N2O2S+. The molecule has 0 aromatic carbocycles. The summed E-state index contributed by atoms with van der Waals surface area (Å²) < 4.78 is 34.7. The Hall–Kier alpha value is -0.780. The summed E-state index contributed by atoms with van der Waals surface area (Å²) in [7, 11) is 1.59. The first-order valence-corrected chi connectivity index (χ1v) is 5.78. The van der Waals surface area contributed by atoms with Crippen LogP contribution in [-0.4, -0.2) is 54.5 Å². The summed E-state index contributed by atoms with van der Waals surface area (Å²) >= 11 is 1.07. The third kappa shape index (κ3) is 3.10. The second kappa shape index (κ2) is 6.08. The second-order valence-corrected chi connectivity index (χ2v) is 4.74. The van der Waals surface area contributed by atoms with Crippen molar-refractivity contribution in [2.75, 3.05) is 13.7 Å². The molecule has 1 aliphatic rings. The van der Waals surface area contributed by atoms with Gasteiger partial charge >= 0.3 is 6.02 Å². The highest BCUT2D eigenvalue weighted by atomic mass is 32.2. The van der Waals surface area contributed by atoms with Crippen LogP contribution >= 0.6 is 11.8 Å². The maximum Gasteiger partial charge on any atom is 0.547 e. The minimum Gasteiger partial charge on any atom is -0.404 e. The molecule has 0 saturated carbocycles. The molecule has 4 unspecified atom stereocenters. The molecular weight excluding hydrogens is 238 g/mol. The van der Waals surface area contributed by atoms with Crippen molar-refractivity contribution in [3.8, 4) is 0 Å². The number of ether oxygens (including phenoxy) is 1. The van der Waals surface area contributed by atoms with E-state index >= 15 is 0 Å². The van der Waals surface area contributed by atoms with E-state index in [1.807, 2.05) is 0 Å². The van der Waals surface area contributed by atoms with Crippen LogP contribution in [0.3, 0.4) is 0 Å². The Kier molecular flexibility index (Phi) is 5.05. The van der Waals surface area contributed by atoms with Crippen LogP contribution in [0.2, 0.25) is 0 Å². The summed E-state index contributed by atoms with van der Waals surface area (Å²) in [5.41, 5.74) is -0.563. The van der Waals surface area contributed by atoms with Crippen molar-refractivity contribution in [2.24, 2.45) is 0 Å². The molecule has 7 heteroatoms. The van der Waals surface area contributed by atoms with Gasteiger partial charge < -0.3 is 9.84 Å². The Morgan fingerprint density at radius 3 is 2.94 bits per heavy atom. The lowest BCUT2D eigenvalue weighted by Gasteiger charge is -2.32. The Balaban J connectivity index is 2.60. The summed E-state index contributed by atoms with van der Waals surface area (Å²) in [6.45, 7) is 2.48. The summed E-state index contributed by atoms with van der Waals surface area (Å²) in [6.07, 6.45) is -2.75. The Morgan fingerprint density at radius 1 is 1.75 bits per heavy atom. The maximum atomic E-state index is 13.3. The van der Waals surface area contributed by atoms with Gasteiger partial charge in [0.15, 0.2) is 12.2 Å². The van der Waals surface area contributed by atoms with Gasteiger partial charge in [-0.05, 0) is 0 Å². The van der Waals surface area contributed by atoms with E-state index in [2.05, 4.69) is 16.7 Å². The number of rotatable bonds is 2. The van der Waals surface area contributed by atoms with Crippen LogP contribution in [0.15, 0.2) is 0 Å². The molecule has 4 nitrogen and oxygen atoms in total. The zero-order chi connectivity index (χ0) is 12.1. The summed E-state index contributed by atoms with van der Waals surface area (Å²) in [5, 5.41) is 11.2. The van der Waals surface area contributed by atoms with Crippen LogP contribution in [0.1, 0.15) is 6.42 Å². The monoisotopic (exact) mass is 253 g/mol. The fraction of sp³-hybridized carbons (Fsp3) is 0.778. The first kappa shape index (κ1) is 13.3. The molecule has 1 saturated heterocycles. The van der Waals surface area contributed by atoms with Gasteiger partial charge in [-0.25, -0.2) is 14.1 Å². The van der Waals surface area contributed by atoms with Crippen molar-refractivity contribution < 1.29 is 18.6 Å². The highest BCUT2D eigenvalue weighted by molar-refractivity contribution is 8.00. The van der Waals surface area contributed by atoms with Gasteiger partial charge in [-0.3, -0.25) is 0 Å². The maximum absolute atomic E-state index is 13.3. The van der Waals surface area contributed by atoms with Crippen molar-refractivity contribution in [3.63, 3.8) is 0 Å². The average molecular weight is 253 g/mol. The number of nitrogens with one attached hydrogen (secondary N) is 1. The molecule has 0 spiro atoms. The Bertz CT molecular complexity index is 287. The van der Waals surface area contributed by atoms with E-state index in [1.54, 1.807) is 7.05 Å². The van der Waals surface area contributed by atoms with Gasteiger partial charge in [0.1, 0.15) is 12.8 Å². The highest BCUT2D eigenvalue weighted by Gasteiger charge is 2.39. The van der Waals surface area contributed by atoms with Gasteiger partial charge in [-0.1, -0.05) is 0 Å². The molecule has 0 aromatic rings. The Morgan fingerprint density at radius 2 is 2.44 bits per heavy atom. The van der Waals surface area contributed by atoms with E-state index in [0.29, 0.717) is 0 Å². The quantitative estimate of drug-likeness (QED) is 0.408. The third-order valence-electron chi connectivity index (χ3n) is 2.25. The third-order valence-corrected chi connectivity index (χ3v) is 3.59. The molecule has 16 heavy (non-hydrogen) atoms. The van der Waals surface area contributed by atoms with Crippen LogP contribution in [0, 0.1) is 0 Å². The predicted molar refractivity (Wildman–Crippen MR) is 61.1 cm³/mol. The molecule has 0 bridgehead atoms. The number of hydrogen-bond acceptors (Lipinski definition) is 3. The van der Waals surface area contributed by atoms with Gasteiger partial charge in [-0.2, -0.15) is 4.67 Å². The van der Waals surface area contributed by atoms with Gasteiger partial charge in [0.2, 0.25) is 0 Å². The van der Waals surface area contributed by atoms with Crippen molar-refractivity contribution >= 4 is 24.5 Å².